The van der Waals surface area contributed by atoms with Crippen LogP contribution in [-0.4, -0.2) is 24.3 Å². The molecule has 0 bridgehead atoms. The van der Waals surface area contributed by atoms with E-state index in [1.54, 1.807) is 0 Å². The number of rotatable bonds is 7. The van der Waals surface area contributed by atoms with Crippen molar-refractivity contribution in [3.8, 4) is 0 Å². The summed E-state index contributed by atoms with van der Waals surface area (Å²) in [5.41, 5.74) is 0.106. The molecule has 1 N–H and O–H groups in total. The number of hydrogen-bond acceptors (Lipinski definition) is 6. The molecule has 0 aliphatic rings. The van der Waals surface area contributed by atoms with Gasteiger partial charge in [-0.25, -0.2) is 9.59 Å². The summed E-state index contributed by atoms with van der Waals surface area (Å²) < 4.78 is 0. The van der Waals surface area contributed by atoms with Gasteiger partial charge in [0.2, 0.25) is 0 Å². The van der Waals surface area contributed by atoms with Crippen LogP contribution in [0.5, 0.6) is 0 Å². The third kappa shape index (κ3) is 6.15. The Kier molecular flexibility index (Phi) is 8.10. The third-order valence-electron chi connectivity index (χ3n) is 1.85. The minimum Gasteiger partial charge on any atom is -0.296 e. The molecule has 0 aromatic heterocycles. The maximum absolute atomic E-state index is 11.3. The first-order chi connectivity index (χ1) is 7.65. The lowest BCUT2D eigenvalue weighted by molar-refractivity contribution is -0.251. The number of carbonyl (C=O) groups is 2. The van der Waals surface area contributed by atoms with Crippen LogP contribution in [0.4, 0.5) is 0 Å². The molecule has 0 rings (SSSR count). The topological polar surface area (TPSA) is 82.1 Å². The van der Waals surface area contributed by atoms with Crippen LogP contribution < -0.4 is 0 Å². The lowest BCUT2D eigenvalue weighted by Crippen LogP contribution is -2.10. The first-order valence-electron chi connectivity index (χ1n) is 4.96. The fraction of sp³-hybridized carbons (Fsp3) is 0.600. The molecule has 0 saturated carbocycles. The summed E-state index contributed by atoms with van der Waals surface area (Å²) in [5.74, 6) is -1.77. The number of hydrogen-bond donors (Lipinski definition) is 1. The highest BCUT2D eigenvalue weighted by Gasteiger charge is 2.14. The van der Waals surface area contributed by atoms with Crippen molar-refractivity contribution in [3.05, 3.63) is 11.6 Å². The van der Waals surface area contributed by atoms with Crippen LogP contribution in [0.15, 0.2) is 11.6 Å². The van der Waals surface area contributed by atoms with E-state index in [-0.39, 0.29) is 5.57 Å². The molecule has 92 valence electrons. The van der Waals surface area contributed by atoms with E-state index >= 15 is 0 Å². The van der Waals surface area contributed by atoms with Gasteiger partial charge in [0, 0.05) is 11.6 Å². The molecule has 0 aromatic carbocycles. The minimum atomic E-state index is -1.01. The molecular formula is C10H16O6. The summed E-state index contributed by atoms with van der Waals surface area (Å²) in [7, 11) is 1.19. The largest absolute Gasteiger partial charge is 0.369 e. The van der Waals surface area contributed by atoms with Crippen molar-refractivity contribution in [1.29, 1.82) is 0 Å². The van der Waals surface area contributed by atoms with Gasteiger partial charge in [-0.15, -0.1) is 0 Å². The van der Waals surface area contributed by atoms with Crippen molar-refractivity contribution >= 4 is 11.9 Å². The zero-order valence-electron chi connectivity index (χ0n) is 9.39. The fourth-order valence-electron chi connectivity index (χ4n) is 1.10. The molecule has 0 heterocycles. The average Bonchev–Trinajstić information content (AvgIpc) is 2.28. The second-order valence-corrected chi connectivity index (χ2v) is 3.07. The minimum absolute atomic E-state index is 0.106. The first kappa shape index (κ1) is 14.6. The van der Waals surface area contributed by atoms with Crippen LogP contribution in [0.25, 0.3) is 0 Å². The molecule has 0 unspecified atom stereocenters. The maximum Gasteiger partial charge on any atom is 0.369 e. The Balaban J connectivity index is 4.43. The molecule has 0 aliphatic heterocycles. The van der Waals surface area contributed by atoms with Crippen LogP contribution in [0.3, 0.4) is 0 Å². The Labute approximate surface area is 93.7 Å². The monoisotopic (exact) mass is 232 g/mol. The van der Waals surface area contributed by atoms with Crippen LogP contribution in [0.1, 0.15) is 32.6 Å². The highest BCUT2D eigenvalue weighted by Crippen LogP contribution is 2.11. The van der Waals surface area contributed by atoms with E-state index in [4.69, 9.17) is 5.26 Å². The molecule has 0 radical (unpaired) electrons. The van der Waals surface area contributed by atoms with Crippen LogP contribution >= 0.6 is 0 Å². The van der Waals surface area contributed by atoms with E-state index in [0.29, 0.717) is 6.42 Å². The first-order valence-corrected chi connectivity index (χ1v) is 4.96. The zero-order valence-corrected chi connectivity index (χ0v) is 9.39. The maximum atomic E-state index is 11.3. The van der Waals surface area contributed by atoms with E-state index in [1.807, 2.05) is 6.92 Å². The summed E-state index contributed by atoms with van der Waals surface area (Å²) in [4.78, 5) is 34.0. The van der Waals surface area contributed by atoms with Crippen molar-refractivity contribution in [2.75, 3.05) is 7.11 Å². The van der Waals surface area contributed by atoms with Gasteiger partial charge in [0.25, 0.3) is 0 Å². The quantitative estimate of drug-likeness (QED) is 0.311. The zero-order chi connectivity index (χ0) is 12.4. The molecule has 0 aliphatic carbocycles. The molecular weight excluding hydrogens is 216 g/mol. The van der Waals surface area contributed by atoms with Gasteiger partial charge in [0.1, 0.15) is 0 Å². The van der Waals surface area contributed by atoms with Gasteiger partial charge in [-0.3, -0.25) is 9.78 Å². The van der Waals surface area contributed by atoms with Gasteiger partial charge in [-0.2, -0.15) is 10.1 Å². The van der Waals surface area contributed by atoms with E-state index in [2.05, 4.69) is 14.7 Å². The summed E-state index contributed by atoms with van der Waals surface area (Å²) in [6.07, 6.45) is 3.89. The van der Waals surface area contributed by atoms with Gasteiger partial charge < -0.3 is 0 Å². The number of unbranched alkanes of at least 4 members (excludes halogenated alkanes) is 2. The SMILES string of the molecule is CCCCC/C(=C/C(=O)OO)C(=O)OOC. The molecule has 16 heavy (non-hydrogen) atoms. The summed E-state index contributed by atoms with van der Waals surface area (Å²) in [6.45, 7) is 2.01. The standard InChI is InChI=1S/C10H16O6/c1-3-4-5-6-8(7-9(11)15-13)10(12)16-14-2/h7,13H,3-6H2,1-2H3/b8-7-. The molecule has 0 atom stereocenters. The molecule has 0 spiro atoms. The van der Waals surface area contributed by atoms with E-state index in [0.717, 1.165) is 25.3 Å². The molecule has 0 fully saturated rings. The van der Waals surface area contributed by atoms with E-state index in [9.17, 15) is 9.59 Å². The van der Waals surface area contributed by atoms with Gasteiger partial charge in [0.05, 0.1) is 7.11 Å². The van der Waals surface area contributed by atoms with Gasteiger partial charge in [-0.1, -0.05) is 19.8 Å². The highest BCUT2D eigenvalue weighted by molar-refractivity contribution is 5.95. The van der Waals surface area contributed by atoms with Gasteiger partial charge >= 0.3 is 11.9 Å². The summed E-state index contributed by atoms with van der Waals surface area (Å²) in [5, 5.41) is 8.09. The smallest absolute Gasteiger partial charge is 0.296 e. The second-order valence-electron chi connectivity index (χ2n) is 3.07. The molecule has 0 amide bonds. The van der Waals surface area contributed by atoms with Crippen LogP contribution in [-0.2, 0) is 24.3 Å². The Morgan fingerprint density at radius 3 is 2.50 bits per heavy atom. The van der Waals surface area contributed by atoms with Crippen molar-refractivity contribution in [2.24, 2.45) is 0 Å². The molecule has 6 nitrogen and oxygen atoms in total. The fourth-order valence-corrected chi connectivity index (χ4v) is 1.10. The summed E-state index contributed by atoms with van der Waals surface area (Å²) >= 11 is 0. The normalized spacial score (nSPS) is 11.1. The third-order valence-corrected chi connectivity index (χ3v) is 1.85. The van der Waals surface area contributed by atoms with Crippen molar-refractivity contribution in [2.45, 2.75) is 32.6 Å². The van der Waals surface area contributed by atoms with Crippen molar-refractivity contribution in [1.82, 2.24) is 0 Å². The van der Waals surface area contributed by atoms with E-state index in [1.165, 1.54) is 7.11 Å². The van der Waals surface area contributed by atoms with Gasteiger partial charge in [-0.05, 0) is 12.8 Å². The predicted molar refractivity (Wildman–Crippen MR) is 54.0 cm³/mol. The van der Waals surface area contributed by atoms with Gasteiger partial charge in [0.15, 0.2) is 0 Å². The molecule has 6 heteroatoms. The molecule has 0 saturated heterocycles. The lowest BCUT2D eigenvalue weighted by atomic mass is 10.1. The highest BCUT2D eigenvalue weighted by atomic mass is 17.2. The molecule has 0 aromatic rings. The predicted octanol–water partition coefficient (Wildman–Crippen LogP) is 1.61. The van der Waals surface area contributed by atoms with Crippen LogP contribution in [0, 0.1) is 0 Å². The Hall–Kier alpha value is -1.40. The Morgan fingerprint density at radius 1 is 1.31 bits per heavy atom. The summed E-state index contributed by atoms with van der Waals surface area (Å²) in [6, 6.07) is 0. The second kappa shape index (κ2) is 8.87. The van der Waals surface area contributed by atoms with Crippen molar-refractivity contribution < 1.29 is 29.5 Å². The number of carbonyl (C=O) groups excluding carboxylic acids is 2. The van der Waals surface area contributed by atoms with E-state index < -0.39 is 11.9 Å². The average molecular weight is 232 g/mol. The Bertz CT molecular complexity index is 258. The van der Waals surface area contributed by atoms with Crippen LogP contribution in [0.2, 0.25) is 0 Å². The lowest BCUT2D eigenvalue weighted by Gasteiger charge is -2.04. The Morgan fingerprint density at radius 2 is 2.00 bits per heavy atom. The van der Waals surface area contributed by atoms with Crippen molar-refractivity contribution in [3.63, 3.8) is 0 Å².